The van der Waals surface area contributed by atoms with Gasteiger partial charge in [0.1, 0.15) is 4.60 Å². The van der Waals surface area contributed by atoms with E-state index >= 15 is 0 Å². The van der Waals surface area contributed by atoms with Crippen LogP contribution in [-0.2, 0) is 11.3 Å². The minimum atomic E-state index is 0.429. The lowest BCUT2D eigenvalue weighted by molar-refractivity contribution is -0.0334. The van der Waals surface area contributed by atoms with E-state index in [-0.39, 0.29) is 0 Å². The molecule has 0 unspecified atom stereocenters. The minimum Gasteiger partial charge on any atom is -0.379 e. The molecule has 3 nitrogen and oxygen atoms in total. The zero-order valence-corrected chi connectivity index (χ0v) is 9.70. The first-order chi connectivity index (χ1) is 6.78. The molecule has 0 atom stereocenters. The fraction of sp³-hybridized carbons (Fsp3) is 0.500. The zero-order chi connectivity index (χ0) is 9.97. The SMILES string of the molecule is COC1CN(Cc2ccc(Br)nc2)C1. The first kappa shape index (κ1) is 10.1. The number of rotatable bonds is 3. The maximum Gasteiger partial charge on any atom is 0.106 e. The van der Waals surface area contributed by atoms with Crippen LogP contribution in [0.4, 0.5) is 0 Å². The highest BCUT2D eigenvalue weighted by atomic mass is 79.9. The standard InChI is InChI=1S/C10H13BrN2O/c1-14-9-6-13(7-9)5-8-2-3-10(11)12-4-8/h2-4,9H,5-7H2,1H3. The van der Waals surface area contributed by atoms with Gasteiger partial charge in [0.05, 0.1) is 6.10 Å². The first-order valence-corrected chi connectivity index (χ1v) is 5.43. The number of nitrogens with zero attached hydrogens (tertiary/aromatic N) is 2. The van der Waals surface area contributed by atoms with E-state index in [9.17, 15) is 0 Å². The van der Waals surface area contributed by atoms with Crippen LogP contribution < -0.4 is 0 Å². The highest BCUT2D eigenvalue weighted by Gasteiger charge is 2.25. The Hall–Kier alpha value is -0.450. The molecule has 1 fully saturated rings. The molecule has 0 bridgehead atoms. The summed E-state index contributed by atoms with van der Waals surface area (Å²) in [4.78, 5) is 6.53. The van der Waals surface area contributed by atoms with Crippen LogP contribution in [0, 0.1) is 0 Å². The largest absolute Gasteiger partial charge is 0.379 e. The second kappa shape index (κ2) is 4.38. The van der Waals surface area contributed by atoms with Gasteiger partial charge in [-0.2, -0.15) is 0 Å². The summed E-state index contributed by atoms with van der Waals surface area (Å²) in [6.45, 7) is 3.04. The van der Waals surface area contributed by atoms with Crippen LogP contribution >= 0.6 is 15.9 Å². The van der Waals surface area contributed by atoms with Crippen LogP contribution in [0.2, 0.25) is 0 Å². The van der Waals surface area contributed by atoms with Crippen molar-refractivity contribution in [3.05, 3.63) is 28.5 Å². The van der Waals surface area contributed by atoms with Gasteiger partial charge in [-0.1, -0.05) is 6.07 Å². The summed E-state index contributed by atoms with van der Waals surface area (Å²) in [6.07, 6.45) is 2.34. The van der Waals surface area contributed by atoms with Gasteiger partial charge in [0.25, 0.3) is 0 Å². The van der Waals surface area contributed by atoms with Gasteiger partial charge < -0.3 is 4.74 Å². The summed E-state index contributed by atoms with van der Waals surface area (Å²) in [6, 6.07) is 4.07. The lowest BCUT2D eigenvalue weighted by Gasteiger charge is -2.38. The normalized spacial score (nSPS) is 18.1. The van der Waals surface area contributed by atoms with Crippen LogP contribution in [0.25, 0.3) is 0 Å². The molecular formula is C10H13BrN2O. The van der Waals surface area contributed by atoms with Crippen molar-refractivity contribution in [1.29, 1.82) is 0 Å². The molecule has 0 aliphatic carbocycles. The lowest BCUT2D eigenvalue weighted by Crippen LogP contribution is -2.50. The van der Waals surface area contributed by atoms with Crippen molar-refractivity contribution in [3.63, 3.8) is 0 Å². The van der Waals surface area contributed by atoms with E-state index in [2.05, 4.69) is 31.9 Å². The molecule has 0 saturated carbocycles. The summed E-state index contributed by atoms with van der Waals surface area (Å²) >= 11 is 3.32. The number of ether oxygens (including phenoxy) is 1. The summed E-state index contributed by atoms with van der Waals surface area (Å²) < 4.78 is 6.10. The Morgan fingerprint density at radius 1 is 1.57 bits per heavy atom. The highest BCUT2D eigenvalue weighted by Crippen LogP contribution is 2.15. The van der Waals surface area contributed by atoms with Gasteiger partial charge in [-0.3, -0.25) is 4.90 Å². The molecule has 14 heavy (non-hydrogen) atoms. The van der Waals surface area contributed by atoms with Gasteiger partial charge in [0, 0.05) is 32.9 Å². The Labute approximate surface area is 92.2 Å². The van der Waals surface area contributed by atoms with Crippen LogP contribution in [-0.4, -0.2) is 36.2 Å². The molecule has 76 valence electrons. The van der Waals surface area contributed by atoms with Crippen LogP contribution in [0.1, 0.15) is 5.56 Å². The van der Waals surface area contributed by atoms with E-state index in [1.54, 1.807) is 7.11 Å². The van der Waals surface area contributed by atoms with Crippen molar-refractivity contribution in [2.24, 2.45) is 0 Å². The molecule has 1 saturated heterocycles. The van der Waals surface area contributed by atoms with Gasteiger partial charge in [0.15, 0.2) is 0 Å². The Morgan fingerprint density at radius 2 is 2.36 bits per heavy atom. The maximum absolute atomic E-state index is 5.21. The summed E-state index contributed by atoms with van der Waals surface area (Å²) in [5, 5.41) is 0. The predicted molar refractivity (Wildman–Crippen MR) is 58.0 cm³/mol. The van der Waals surface area contributed by atoms with Crippen molar-refractivity contribution in [3.8, 4) is 0 Å². The van der Waals surface area contributed by atoms with Crippen molar-refractivity contribution < 1.29 is 4.74 Å². The third-order valence-corrected chi connectivity index (χ3v) is 2.92. The van der Waals surface area contributed by atoms with Crippen LogP contribution in [0.5, 0.6) is 0 Å². The summed E-state index contributed by atoms with van der Waals surface area (Å²) in [7, 11) is 1.77. The van der Waals surface area contributed by atoms with Gasteiger partial charge in [-0.15, -0.1) is 0 Å². The summed E-state index contributed by atoms with van der Waals surface area (Å²) in [5.74, 6) is 0. The monoisotopic (exact) mass is 256 g/mol. The Morgan fingerprint density at radius 3 is 2.93 bits per heavy atom. The average molecular weight is 257 g/mol. The molecule has 2 rings (SSSR count). The Kier molecular flexibility index (Phi) is 3.15. The van der Waals surface area contributed by atoms with Gasteiger partial charge in [-0.05, 0) is 27.6 Å². The van der Waals surface area contributed by atoms with Crippen LogP contribution in [0.15, 0.2) is 22.9 Å². The van der Waals surface area contributed by atoms with E-state index in [4.69, 9.17) is 4.74 Å². The number of hydrogen-bond donors (Lipinski definition) is 0. The highest BCUT2D eigenvalue weighted by molar-refractivity contribution is 9.10. The van der Waals surface area contributed by atoms with Crippen molar-refractivity contribution in [2.45, 2.75) is 12.6 Å². The van der Waals surface area contributed by atoms with E-state index in [0.29, 0.717) is 6.10 Å². The van der Waals surface area contributed by atoms with Crippen molar-refractivity contribution >= 4 is 15.9 Å². The van der Waals surface area contributed by atoms with Crippen LogP contribution in [0.3, 0.4) is 0 Å². The fourth-order valence-corrected chi connectivity index (χ4v) is 1.79. The van der Waals surface area contributed by atoms with Gasteiger partial charge >= 0.3 is 0 Å². The molecule has 2 heterocycles. The van der Waals surface area contributed by atoms with E-state index in [0.717, 1.165) is 24.2 Å². The molecule has 1 aliphatic heterocycles. The third-order valence-electron chi connectivity index (χ3n) is 2.45. The molecule has 1 aromatic rings. The number of aromatic nitrogens is 1. The molecule has 1 aromatic heterocycles. The predicted octanol–water partition coefficient (Wildman–Crippen LogP) is 1.67. The minimum absolute atomic E-state index is 0.429. The maximum atomic E-state index is 5.21. The Bertz CT molecular complexity index is 295. The number of hydrogen-bond acceptors (Lipinski definition) is 3. The first-order valence-electron chi connectivity index (χ1n) is 4.63. The quantitative estimate of drug-likeness (QED) is 0.770. The van der Waals surface area contributed by atoms with Gasteiger partial charge in [0.2, 0.25) is 0 Å². The molecule has 0 spiro atoms. The van der Waals surface area contributed by atoms with E-state index in [1.807, 2.05) is 12.3 Å². The average Bonchev–Trinajstić information content (AvgIpc) is 2.13. The van der Waals surface area contributed by atoms with E-state index in [1.165, 1.54) is 5.56 Å². The molecule has 1 aliphatic rings. The number of likely N-dealkylation sites (tertiary alicyclic amines) is 1. The van der Waals surface area contributed by atoms with E-state index < -0.39 is 0 Å². The molecule has 0 aromatic carbocycles. The topological polar surface area (TPSA) is 25.4 Å². The summed E-state index contributed by atoms with van der Waals surface area (Å²) in [5.41, 5.74) is 1.25. The zero-order valence-electron chi connectivity index (χ0n) is 8.11. The molecule has 0 amide bonds. The second-order valence-corrected chi connectivity index (χ2v) is 4.35. The molecule has 0 radical (unpaired) electrons. The Balaban J connectivity index is 1.84. The number of pyridine rings is 1. The van der Waals surface area contributed by atoms with Gasteiger partial charge in [-0.25, -0.2) is 4.98 Å². The molecular weight excluding hydrogens is 244 g/mol. The number of methoxy groups -OCH3 is 1. The molecule has 0 N–H and O–H groups in total. The lowest BCUT2D eigenvalue weighted by atomic mass is 10.1. The smallest absolute Gasteiger partial charge is 0.106 e. The van der Waals surface area contributed by atoms with Crippen molar-refractivity contribution in [2.75, 3.05) is 20.2 Å². The third kappa shape index (κ3) is 2.32. The van der Waals surface area contributed by atoms with Crippen molar-refractivity contribution in [1.82, 2.24) is 9.88 Å². The second-order valence-electron chi connectivity index (χ2n) is 3.54. The molecule has 4 heteroatoms. The fourth-order valence-electron chi connectivity index (χ4n) is 1.56. The number of halogens is 1.